The van der Waals surface area contributed by atoms with Crippen LogP contribution in [0.25, 0.3) is 0 Å². The zero-order valence-electron chi connectivity index (χ0n) is 19.2. The lowest BCUT2D eigenvalue weighted by molar-refractivity contribution is 0.0694. The zero-order valence-corrected chi connectivity index (χ0v) is 19.2. The SMILES string of the molecule is CCNC(=NCc1ccc(NC(=O)c2ccco2)cc1)NC1CC(C)(C)Oc2ccccc21. The van der Waals surface area contributed by atoms with Crippen molar-refractivity contribution in [2.75, 3.05) is 11.9 Å². The van der Waals surface area contributed by atoms with E-state index in [2.05, 4.69) is 42.8 Å². The summed E-state index contributed by atoms with van der Waals surface area (Å²) in [4.78, 5) is 16.9. The number of rotatable bonds is 6. The van der Waals surface area contributed by atoms with Crippen molar-refractivity contribution in [1.82, 2.24) is 10.6 Å². The smallest absolute Gasteiger partial charge is 0.291 e. The van der Waals surface area contributed by atoms with E-state index in [1.165, 1.54) is 6.26 Å². The van der Waals surface area contributed by atoms with E-state index in [1.807, 2.05) is 42.5 Å². The highest BCUT2D eigenvalue weighted by atomic mass is 16.5. The van der Waals surface area contributed by atoms with E-state index in [9.17, 15) is 4.79 Å². The maximum atomic E-state index is 12.1. The van der Waals surface area contributed by atoms with Crippen molar-refractivity contribution in [3.63, 3.8) is 0 Å². The van der Waals surface area contributed by atoms with Gasteiger partial charge in [0, 0.05) is 24.2 Å². The molecule has 0 fully saturated rings. The Hall–Kier alpha value is -3.74. The molecule has 2 aromatic carbocycles. The highest BCUT2D eigenvalue weighted by Crippen LogP contribution is 2.39. The first-order chi connectivity index (χ1) is 15.9. The van der Waals surface area contributed by atoms with Gasteiger partial charge in [0.15, 0.2) is 11.7 Å². The largest absolute Gasteiger partial charge is 0.487 e. The van der Waals surface area contributed by atoms with E-state index >= 15 is 0 Å². The van der Waals surface area contributed by atoms with Crippen LogP contribution in [0.2, 0.25) is 0 Å². The Morgan fingerprint density at radius 3 is 2.61 bits per heavy atom. The van der Waals surface area contributed by atoms with E-state index in [4.69, 9.17) is 14.1 Å². The summed E-state index contributed by atoms with van der Waals surface area (Å²) >= 11 is 0. The molecule has 1 aromatic heterocycles. The Kier molecular flexibility index (Phi) is 6.68. The van der Waals surface area contributed by atoms with Gasteiger partial charge in [0.1, 0.15) is 11.4 Å². The number of anilines is 1. The first kappa shape index (κ1) is 22.5. The number of amides is 1. The zero-order chi connectivity index (χ0) is 23.3. The summed E-state index contributed by atoms with van der Waals surface area (Å²) in [6, 6.07) is 19.2. The number of benzene rings is 2. The quantitative estimate of drug-likeness (QED) is 0.371. The summed E-state index contributed by atoms with van der Waals surface area (Å²) in [6.07, 6.45) is 2.31. The molecule has 0 aliphatic carbocycles. The second-order valence-electron chi connectivity index (χ2n) is 8.62. The molecular weight excluding hydrogens is 416 g/mol. The molecule has 1 amide bonds. The van der Waals surface area contributed by atoms with Gasteiger partial charge in [-0.25, -0.2) is 4.99 Å². The Morgan fingerprint density at radius 1 is 1.09 bits per heavy atom. The molecule has 0 spiro atoms. The second kappa shape index (κ2) is 9.81. The summed E-state index contributed by atoms with van der Waals surface area (Å²) in [6.45, 7) is 7.53. The average molecular weight is 447 g/mol. The van der Waals surface area contributed by atoms with Crippen LogP contribution in [0.3, 0.4) is 0 Å². The lowest BCUT2D eigenvalue weighted by atomic mass is 9.90. The molecule has 2 heterocycles. The normalized spacial score (nSPS) is 16.9. The van der Waals surface area contributed by atoms with E-state index in [-0.39, 0.29) is 23.3 Å². The van der Waals surface area contributed by atoms with Crippen LogP contribution in [0.1, 0.15) is 54.9 Å². The highest BCUT2D eigenvalue weighted by molar-refractivity contribution is 6.02. The molecule has 3 N–H and O–H groups in total. The number of carbonyl (C=O) groups is 1. The third-order valence-corrected chi connectivity index (χ3v) is 5.41. The summed E-state index contributed by atoms with van der Waals surface area (Å²) in [7, 11) is 0. The van der Waals surface area contributed by atoms with Gasteiger partial charge in [0.05, 0.1) is 18.8 Å². The van der Waals surface area contributed by atoms with Gasteiger partial charge < -0.3 is 25.1 Å². The number of ether oxygens (including phenoxy) is 1. The Morgan fingerprint density at radius 2 is 1.88 bits per heavy atom. The van der Waals surface area contributed by atoms with Crippen LogP contribution in [0.5, 0.6) is 5.75 Å². The molecule has 0 bridgehead atoms. The number of aliphatic imine (C=N–C) groups is 1. The Bertz CT molecular complexity index is 1100. The number of fused-ring (bicyclic) bond motifs is 1. The third kappa shape index (κ3) is 5.74. The van der Waals surface area contributed by atoms with Crippen LogP contribution in [0, 0.1) is 0 Å². The van der Waals surface area contributed by atoms with Gasteiger partial charge in [0.2, 0.25) is 0 Å². The lowest BCUT2D eigenvalue weighted by Crippen LogP contribution is -2.45. The molecule has 1 unspecified atom stereocenters. The van der Waals surface area contributed by atoms with Crippen molar-refractivity contribution in [3.8, 4) is 5.75 Å². The topological polar surface area (TPSA) is 87.9 Å². The summed E-state index contributed by atoms with van der Waals surface area (Å²) < 4.78 is 11.3. The lowest BCUT2D eigenvalue weighted by Gasteiger charge is -2.38. The van der Waals surface area contributed by atoms with Crippen molar-refractivity contribution in [1.29, 1.82) is 0 Å². The molecule has 0 radical (unpaired) electrons. The Labute approximate surface area is 194 Å². The molecule has 33 heavy (non-hydrogen) atoms. The van der Waals surface area contributed by atoms with E-state index in [1.54, 1.807) is 12.1 Å². The fourth-order valence-corrected chi connectivity index (χ4v) is 3.88. The minimum atomic E-state index is -0.274. The van der Waals surface area contributed by atoms with Crippen LogP contribution in [0.4, 0.5) is 5.69 Å². The predicted octanol–water partition coefficient (Wildman–Crippen LogP) is 4.89. The number of para-hydroxylation sites is 1. The molecule has 0 saturated carbocycles. The summed E-state index contributed by atoms with van der Waals surface area (Å²) in [5.41, 5.74) is 2.62. The number of hydrogen-bond acceptors (Lipinski definition) is 4. The summed E-state index contributed by atoms with van der Waals surface area (Å²) in [5.74, 6) is 1.67. The van der Waals surface area contributed by atoms with E-state index < -0.39 is 0 Å². The monoisotopic (exact) mass is 446 g/mol. The van der Waals surface area contributed by atoms with Gasteiger partial charge in [-0.3, -0.25) is 4.79 Å². The van der Waals surface area contributed by atoms with Crippen LogP contribution in [-0.2, 0) is 6.54 Å². The van der Waals surface area contributed by atoms with Gasteiger partial charge in [-0.05, 0) is 56.7 Å². The standard InChI is InChI=1S/C26H30N4O3/c1-4-27-25(30-21-16-26(2,3)33-22-9-6-5-8-20(21)22)28-17-18-11-13-19(14-12-18)29-24(31)23-10-7-15-32-23/h5-15,21H,4,16-17H2,1-3H3,(H,29,31)(H2,27,28,30). The van der Waals surface area contributed by atoms with Crippen molar-refractivity contribution in [2.45, 2.75) is 45.4 Å². The summed E-state index contributed by atoms with van der Waals surface area (Å²) in [5, 5.41) is 9.75. The number of nitrogens with one attached hydrogen (secondary N) is 3. The van der Waals surface area contributed by atoms with Crippen molar-refractivity contribution < 1.29 is 13.9 Å². The van der Waals surface area contributed by atoms with E-state index in [0.29, 0.717) is 12.2 Å². The fourth-order valence-electron chi connectivity index (χ4n) is 3.88. The Balaban J connectivity index is 1.43. The highest BCUT2D eigenvalue weighted by Gasteiger charge is 2.33. The predicted molar refractivity (Wildman–Crippen MR) is 130 cm³/mol. The van der Waals surface area contributed by atoms with Crippen molar-refractivity contribution in [3.05, 3.63) is 83.8 Å². The van der Waals surface area contributed by atoms with Crippen LogP contribution in [0.15, 0.2) is 76.3 Å². The molecule has 1 aliphatic rings. The number of carbonyl (C=O) groups excluding carboxylic acids is 1. The first-order valence-corrected chi connectivity index (χ1v) is 11.2. The van der Waals surface area contributed by atoms with Crippen LogP contribution >= 0.6 is 0 Å². The second-order valence-corrected chi connectivity index (χ2v) is 8.62. The van der Waals surface area contributed by atoms with Crippen molar-refractivity contribution >= 4 is 17.6 Å². The number of nitrogens with zero attached hydrogens (tertiary/aromatic N) is 1. The molecule has 4 rings (SSSR count). The molecular formula is C26H30N4O3. The van der Waals surface area contributed by atoms with E-state index in [0.717, 1.165) is 35.8 Å². The number of guanidine groups is 1. The molecule has 172 valence electrons. The molecule has 0 saturated heterocycles. The fraction of sp³-hybridized carbons (Fsp3) is 0.308. The van der Waals surface area contributed by atoms with Gasteiger partial charge in [-0.2, -0.15) is 0 Å². The van der Waals surface area contributed by atoms with Gasteiger partial charge in [-0.15, -0.1) is 0 Å². The third-order valence-electron chi connectivity index (χ3n) is 5.41. The average Bonchev–Trinajstić information content (AvgIpc) is 3.33. The molecule has 1 atom stereocenters. The maximum Gasteiger partial charge on any atom is 0.291 e. The minimum absolute atomic E-state index is 0.0990. The van der Waals surface area contributed by atoms with Crippen LogP contribution < -0.4 is 20.7 Å². The molecule has 1 aliphatic heterocycles. The molecule has 7 heteroatoms. The number of furan rings is 1. The van der Waals surface area contributed by atoms with Crippen LogP contribution in [-0.4, -0.2) is 24.0 Å². The first-order valence-electron chi connectivity index (χ1n) is 11.2. The van der Waals surface area contributed by atoms with Crippen molar-refractivity contribution in [2.24, 2.45) is 4.99 Å². The molecule has 3 aromatic rings. The van der Waals surface area contributed by atoms with Gasteiger partial charge >= 0.3 is 0 Å². The minimum Gasteiger partial charge on any atom is -0.487 e. The maximum absolute atomic E-state index is 12.1. The number of hydrogen-bond donors (Lipinski definition) is 3. The molecule has 7 nitrogen and oxygen atoms in total. The van der Waals surface area contributed by atoms with Gasteiger partial charge in [-0.1, -0.05) is 30.3 Å². The van der Waals surface area contributed by atoms with Gasteiger partial charge in [0.25, 0.3) is 5.91 Å².